The topological polar surface area (TPSA) is 74.7 Å². The maximum absolute atomic E-state index is 11.9. The summed E-state index contributed by atoms with van der Waals surface area (Å²) in [5, 5.41) is 8.50. The lowest BCUT2D eigenvalue weighted by Gasteiger charge is -2.13. The van der Waals surface area contributed by atoms with Crippen LogP contribution >= 0.6 is 0 Å². The Balaban J connectivity index is 2.05. The summed E-state index contributed by atoms with van der Waals surface area (Å²) >= 11 is 0. The highest BCUT2D eigenvalue weighted by Crippen LogP contribution is 2.22. The van der Waals surface area contributed by atoms with Crippen LogP contribution in [0.2, 0.25) is 0 Å². The number of carboxylic acid groups (broad SMARTS) is 1. The monoisotopic (exact) mass is 253 g/mol. The zero-order chi connectivity index (χ0) is 12.4. The average molecular weight is 253 g/mol. The number of amides is 1. The lowest BCUT2D eigenvalue weighted by Crippen LogP contribution is -2.29. The molecule has 2 rings (SSSR count). The smallest absolute Gasteiger partial charge is 0.316 e. The summed E-state index contributed by atoms with van der Waals surface area (Å²) in [5.41, 5.74) is 1.50. The molecule has 90 valence electrons. The minimum Gasteiger partial charge on any atom is -0.481 e. The second kappa shape index (κ2) is 4.67. The van der Waals surface area contributed by atoms with Crippen LogP contribution in [0.15, 0.2) is 24.3 Å². The van der Waals surface area contributed by atoms with Crippen molar-refractivity contribution in [2.75, 3.05) is 11.6 Å². The summed E-state index contributed by atoms with van der Waals surface area (Å²) in [7, 11) is -1.54. The molecular formula is C11H11NO4S. The van der Waals surface area contributed by atoms with Crippen LogP contribution < -0.4 is 0 Å². The number of rotatable bonds is 4. The Morgan fingerprint density at radius 3 is 2.76 bits per heavy atom. The van der Waals surface area contributed by atoms with Crippen molar-refractivity contribution in [2.24, 2.45) is 0 Å². The molecule has 0 bridgehead atoms. The number of benzene rings is 1. The third-order valence-electron chi connectivity index (χ3n) is 2.48. The van der Waals surface area contributed by atoms with E-state index in [1.165, 1.54) is 4.90 Å². The number of hydrogen-bond acceptors (Lipinski definition) is 3. The van der Waals surface area contributed by atoms with Gasteiger partial charge in [0.25, 0.3) is 5.91 Å². The molecule has 1 amide bonds. The van der Waals surface area contributed by atoms with Gasteiger partial charge in [-0.1, -0.05) is 18.2 Å². The maximum atomic E-state index is 11.9. The van der Waals surface area contributed by atoms with Crippen molar-refractivity contribution in [2.45, 2.75) is 6.54 Å². The van der Waals surface area contributed by atoms with Crippen LogP contribution in [0.1, 0.15) is 15.9 Å². The zero-order valence-corrected chi connectivity index (χ0v) is 9.77. The van der Waals surface area contributed by atoms with Gasteiger partial charge < -0.3 is 10.0 Å². The van der Waals surface area contributed by atoms with E-state index in [1.54, 1.807) is 12.1 Å². The maximum Gasteiger partial charge on any atom is 0.316 e. The number of hydrogen-bond donors (Lipinski definition) is 1. The predicted octanol–water partition coefficient (Wildman–Crippen LogP) is 0.433. The van der Waals surface area contributed by atoms with Gasteiger partial charge in [-0.15, -0.1) is 0 Å². The predicted molar refractivity (Wildman–Crippen MR) is 61.8 cm³/mol. The Hall–Kier alpha value is -1.69. The molecule has 1 N–H and O–H groups in total. The second-order valence-electron chi connectivity index (χ2n) is 3.77. The van der Waals surface area contributed by atoms with Crippen LogP contribution in [-0.4, -0.2) is 37.7 Å². The van der Waals surface area contributed by atoms with E-state index in [2.05, 4.69) is 0 Å². The van der Waals surface area contributed by atoms with Crippen molar-refractivity contribution in [3.8, 4) is 0 Å². The van der Waals surface area contributed by atoms with Crippen LogP contribution in [0.3, 0.4) is 0 Å². The molecule has 0 fully saturated rings. The first-order valence-electron chi connectivity index (χ1n) is 5.02. The van der Waals surface area contributed by atoms with E-state index >= 15 is 0 Å². The van der Waals surface area contributed by atoms with Crippen molar-refractivity contribution in [1.29, 1.82) is 0 Å². The summed E-state index contributed by atoms with van der Waals surface area (Å²) in [6.45, 7) is 0.403. The SMILES string of the molecule is O=C(O)CS(=O)CN1Cc2ccccc2C1=O. The van der Waals surface area contributed by atoms with Crippen molar-refractivity contribution in [1.82, 2.24) is 4.90 Å². The van der Waals surface area contributed by atoms with Crippen LogP contribution in [-0.2, 0) is 22.1 Å². The van der Waals surface area contributed by atoms with Gasteiger partial charge in [-0.2, -0.15) is 0 Å². The quantitative estimate of drug-likeness (QED) is 0.844. The molecule has 0 saturated carbocycles. The molecule has 0 saturated heterocycles. The number of carboxylic acids is 1. The Morgan fingerprint density at radius 1 is 1.41 bits per heavy atom. The van der Waals surface area contributed by atoms with Crippen LogP contribution in [0.5, 0.6) is 0 Å². The molecule has 1 aromatic carbocycles. The number of aliphatic carboxylic acids is 1. The Morgan fingerprint density at radius 2 is 2.12 bits per heavy atom. The highest BCUT2D eigenvalue weighted by atomic mass is 32.2. The van der Waals surface area contributed by atoms with Crippen molar-refractivity contribution < 1.29 is 18.9 Å². The fourth-order valence-corrected chi connectivity index (χ4v) is 2.70. The molecule has 1 heterocycles. The lowest BCUT2D eigenvalue weighted by molar-refractivity contribution is -0.134. The number of carbonyl (C=O) groups is 2. The van der Waals surface area contributed by atoms with Crippen molar-refractivity contribution >= 4 is 22.7 Å². The molecule has 0 aromatic heterocycles. The first-order valence-corrected chi connectivity index (χ1v) is 6.50. The Labute approximate surface area is 101 Å². The van der Waals surface area contributed by atoms with E-state index in [4.69, 9.17) is 5.11 Å². The summed E-state index contributed by atoms with van der Waals surface area (Å²) in [4.78, 5) is 23.7. The van der Waals surface area contributed by atoms with Gasteiger partial charge in [-0.05, 0) is 11.6 Å². The van der Waals surface area contributed by atoms with Gasteiger partial charge in [-0.25, -0.2) is 0 Å². The molecule has 1 aromatic rings. The van der Waals surface area contributed by atoms with Crippen LogP contribution in [0.25, 0.3) is 0 Å². The van der Waals surface area contributed by atoms with Crippen LogP contribution in [0.4, 0.5) is 0 Å². The molecule has 5 nitrogen and oxygen atoms in total. The first kappa shape index (κ1) is 11.8. The Kier molecular flexibility index (Phi) is 3.23. The largest absolute Gasteiger partial charge is 0.481 e. The molecule has 0 aliphatic carbocycles. The fraction of sp³-hybridized carbons (Fsp3) is 0.273. The van der Waals surface area contributed by atoms with E-state index in [1.807, 2.05) is 12.1 Å². The van der Waals surface area contributed by atoms with Gasteiger partial charge >= 0.3 is 5.97 Å². The van der Waals surface area contributed by atoms with Gasteiger partial charge in [0.05, 0.1) is 16.7 Å². The summed E-state index contributed by atoms with van der Waals surface area (Å²) in [6, 6.07) is 7.17. The summed E-state index contributed by atoms with van der Waals surface area (Å²) in [6.07, 6.45) is 0. The van der Waals surface area contributed by atoms with Crippen molar-refractivity contribution in [3.05, 3.63) is 35.4 Å². The van der Waals surface area contributed by atoms with E-state index in [0.717, 1.165) is 5.56 Å². The molecule has 0 radical (unpaired) electrons. The molecule has 6 heteroatoms. The Bertz CT molecular complexity index is 500. The van der Waals surface area contributed by atoms with Gasteiger partial charge in [0, 0.05) is 12.1 Å². The molecule has 1 aliphatic heterocycles. The van der Waals surface area contributed by atoms with Gasteiger partial charge in [0.2, 0.25) is 0 Å². The number of fused-ring (bicyclic) bond motifs is 1. The highest BCUT2D eigenvalue weighted by molar-refractivity contribution is 7.85. The molecule has 1 atom stereocenters. The first-order chi connectivity index (χ1) is 8.08. The average Bonchev–Trinajstić information content (AvgIpc) is 2.55. The molecule has 1 aliphatic rings. The number of nitrogens with zero attached hydrogens (tertiary/aromatic N) is 1. The molecule has 0 spiro atoms. The second-order valence-corrected chi connectivity index (χ2v) is 5.19. The summed E-state index contributed by atoms with van der Waals surface area (Å²) in [5.74, 6) is -1.76. The van der Waals surface area contributed by atoms with E-state index in [-0.39, 0.29) is 11.8 Å². The van der Waals surface area contributed by atoms with E-state index < -0.39 is 22.5 Å². The van der Waals surface area contributed by atoms with E-state index in [0.29, 0.717) is 12.1 Å². The molecular weight excluding hydrogens is 242 g/mol. The van der Waals surface area contributed by atoms with Gasteiger partial charge in [0.1, 0.15) is 5.75 Å². The standard InChI is InChI=1S/C11H11NO4S/c13-10(14)6-17(16)7-12-5-8-3-1-2-4-9(8)11(12)15/h1-4H,5-7H2,(H,13,14). The minimum absolute atomic E-state index is 0.0280. The highest BCUT2D eigenvalue weighted by Gasteiger charge is 2.28. The van der Waals surface area contributed by atoms with Crippen molar-refractivity contribution in [3.63, 3.8) is 0 Å². The third-order valence-corrected chi connectivity index (χ3v) is 3.65. The molecule has 17 heavy (non-hydrogen) atoms. The molecule has 1 unspecified atom stereocenters. The van der Waals surface area contributed by atoms with E-state index in [9.17, 15) is 13.8 Å². The normalized spacial score (nSPS) is 15.8. The fourth-order valence-electron chi connectivity index (χ4n) is 1.78. The summed E-state index contributed by atoms with van der Waals surface area (Å²) < 4.78 is 11.4. The number of carbonyl (C=O) groups excluding carboxylic acids is 1. The minimum atomic E-state index is -1.54. The lowest BCUT2D eigenvalue weighted by atomic mass is 10.1. The zero-order valence-electron chi connectivity index (χ0n) is 8.96. The van der Waals surface area contributed by atoms with Gasteiger partial charge in [0.15, 0.2) is 0 Å². The van der Waals surface area contributed by atoms with Gasteiger partial charge in [-0.3, -0.25) is 13.8 Å². The van der Waals surface area contributed by atoms with Crippen LogP contribution in [0, 0.1) is 0 Å². The third kappa shape index (κ3) is 2.52.